The molecule has 0 saturated carbocycles. The van der Waals surface area contributed by atoms with Crippen molar-refractivity contribution in [1.82, 2.24) is 0 Å². The van der Waals surface area contributed by atoms with E-state index in [1.807, 2.05) is 0 Å². The van der Waals surface area contributed by atoms with Crippen LogP contribution in [-0.4, -0.2) is 33.3 Å². The molecule has 0 radical (unpaired) electrons. The van der Waals surface area contributed by atoms with Gasteiger partial charge in [-0.05, 0) is 6.08 Å². The molecule has 0 amide bonds. The highest BCUT2D eigenvalue weighted by atomic mass is 16.5. The molecule has 0 unspecified atom stereocenters. The molecule has 0 aliphatic heterocycles. The van der Waals surface area contributed by atoms with Gasteiger partial charge < -0.3 is 20.4 Å². The van der Waals surface area contributed by atoms with Gasteiger partial charge in [-0.3, -0.25) is 0 Å². The minimum absolute atomic E-state index is 0.00810. The van der Waals surface area contributed by atoms with E-state index in [0.717, 1.165) is 0 Å². The summed E-state index contributed by atoms with van der Waals surface area (Å²) in [6.07, 6.45) is -0.0137. The molecule has 4 nitrogen and oxygen atoms in total. The number of aliphatic hydroxyl groups excluding tert-OH is 3. The Bertz CT molecular complexity index is 108. The van der Waals surface area contributed by atoms with Crippen molar-refractivity contribution in [3.8, 4) is 0 Å². The molecular formula is C6H12O4. The smallest absolute Gasteiger partial charge is 0.155 e. The van der Waals surface area contributed by atoms with Crippen LogP contribution < -0.4 is 0 Å². The van der Waals surface area contributed by atoms with Crippen molar-refractivity contribution < 1.29 is 20.4 Å². The van der Waals surface area contributed by atoms with Crippen LogP contribution in [0.1, 0.15) is 12.8 Å². The van der Waals surface area contributed by atoms with Crippen LogP contribution in [0.4, 0.5) is 0 Å². The lowest BCUT2D eigenvalue weighted by Crippen LogP contribution is -2.02. The first-order chi connectivity index (χ1) is 4.66. The highest BCUT2D eigenvalue weighted by Crippen LogP contribution is 1.98. The predicted molar refractivity (Wildman–Crippen MR) is 35.3 cm³/mol. The summed E-state index contributed by atoms with van der Waals surface area (Å²) in [6.45, 7) is -0.135. The molecule has 0 aliphatic carbocycles. The fraction of sp³-hybridized carbons (Fsp3) is 0.667. The zero-order valence-electron chi connectivity index (χ0n) is 5.56. The average molecular weight is 148 g/mol. The minimum atomic E-state index is -1.43. The van der Waals surface area contributed by atoms with Gasteiger partial charge in [-0.25, -0.2) is 0 Å². The third-order valence-corrected chi connectivity index (χ3v) is 0.932. The Labute approximate surface area is 59.1 Å². The number of rotatable bonds is 4. The Morgan fingerprint density at radius 3 is 2.40 bits per heavy atom. The van der Waals surface area contributed by atoms with E-state index >= 15 is 0 Å². The van der Waals surface area contributed by atoms with Crippen molar-refractivity contribution in [1.29, 1.82) is 0 Å². The van der Waals surface area contributed by atoms with Gasteiger partial charge in [-0.15, -0.1) is 0 Å². The predicted octanol–water partition coefficient (Wildman–Crippen LogP) is -0.488. The molecule has 4 heteroatoms. The van der Waals surface area contributed by atoms with Crippen LogP contribution in [0.15, 0.2) is 11.8 Å². The molecule has 0 atom stereocenters. The Kier molecular flexibility index (Phi) is 4.92. The molecule has 4 N–H and O–H groups in total. The van der Waals surface area contributed by atoms with E-state index in [0.29, 0.717) is 0 Å². The lowest BCUT2D eigenvalue weighted by Gasteiger charge is -1.98. The normalized spacial score (nSPS) is 12.6. The highest BCUT2D eigenvalue weighted by Gasteiger charge is 1.95. The number of aliphatic hydroxyl groups is 4. The summed E-state index contributed by atoms with van der Waals surface area (Å²) >= 11 is 0. The van der Waals surface area contributed by atoms with Crippen LogP contribution in [0.2, 0.25) is 0 Å². The first kappa shape index (κ1) is 9.42. The van der Waals surface area contributed by atoms with Crippen LogP contribution >= 0.6 is 0 Å². The van der Waals surface area contributed by atoms with E-state index in [1.165, 1.54) is 6.08 Å². The third kappa shape index (κ3) is 5.55. The van der Waals surface area contributed by atoms with E-state index < -0.39 is 6.29 Å². The molecule has 0 aromatic rings. The van der Waals surface area contributed by atoms with Gasteiger partial charge in [0.05, 0.1) is 12.4 Å². The number of hydrogen-bond donors (Lipinski definition) is 4. The standard InChI is InChI=1S/C6H12O4/c7-4-3-5(8)1-2-6(9)10/h1,6-10H,2-4H2. The Balaban J connectivity index is 3.47. The van der Waals surface area contributed by atoms with Crippen LogP contribution in [0.25, 0.3) is 0 Å². The molecule has 60 valence electrons. The lowest BCUT2D eigenvalue weighted by molar-refractivity contribution is -0.0366. The molecule has 0 heterocycles. The Morgan fingerprint density at radius 2 is 2.00 bits per heavy atom. The van der Waals surface area contributed by atoms with E-state index in [-0.39, 0.29) is 25.2 Å². The molecule has 0 bridgehead atoms. The van der Waals surface area contributed by atoms with Gasteiger partial charge in [-0.2, -0.15) is 0 Å². The van der Waals surface area contributed by atoms with Crippen LogP contribution in [0.5, 0.6) is 0 Å². The molecular weight excluding hydrogens is 136 g/mol. The van der Waals surface area contributed by atoms with Gasteiger partial charge >= 0.3 is 0 Å². The van der Waals surface area contributed by atoms with E-state index in [1.54, 1.807) is 0 Å². The molecule has 0 aliphatic rings. The van der Waals surface area contributed by atoms with Crippen molar-refractivity contribution in [2.24, 2.45) is 0 Å². The maximum Gasteiger partial charge on any atom is 0.155 e. The van der Waals surface area contributed by atoms with Gasteiger partial charge in [-0.1, -0.05) is 0 Å². The van der Waals surface area contributed by atoms with Gasteiger partial charge in [0.1, 0.15) is 0 Å². The second kappa shape index (κ2) is 5.22. The quantitative estimate of drug-likeness (QED) is 0.320. The topological polar surface area (TPSA) is 80.9 Å². The summed E-state index contributed by atoms with van der Waals surface area (Å²) in [6, 6.07) is 0. The largest absolute Gasteiger partial charge is 0.513 e. The SMILES string of the molecule is OCCC(O)=CCC(O)O. The molecule has 10 heavy (non-hydrogen) atoms. The van der Waals surface area contributed by atoms with Crippen LogP contribution in [0.3, 0.4) is 0 Å². The molecule has 0 fully saturated rings. The van der Waals surface area contributed by atoms with Crippen molar-refractivity contribution in [2.75, 3.05) is 6.61 Å². The second-order valence-electron chi connectivity index (χ2n) is 1.89. The second-order valence-corrected chi connectivity index (χ2v) is 1.89. The minimum Gasteiger partial charge on any atom is -0.513 e. The summed E-state index contributed by atoms with van der Waals surface area (Å²) < 4.78 is 0. The van der Waals surface area contributed by atoms with E-state index in [2.05, 4.69) is 0 Å². The summed E-state index contributed by atoms with van der Waals surface area (Å²) in [7, 11) is 0. The molecule has 0 rings (SSSR count). The fourth-order valence-electron chi connectivity index (χ4n) is 0.458. The maximum absolute atomic E-state index is 8.78. The summed E-state index contributed by atoms with van der Waals surface area (Å²) in [5.41, 5.74) is 0. The number of hydrogen-bond acceptors (Lipinski definition) is 4. The molecule has 0 aromatic heterocycles. The zero-order chi connectivity index (χ0) is 7.98. The van der Waals surface area contributed by atoms with Crippen LogP contribution in [-0.2, 0) is 0 Å². The van der Waals surface area contributed by atoms with Crippen LogP contribution in [0, 0.1) is 0 Å². The fourth-order valence-corrected chi connectivity index (χ4v) is 0.458. The van der Waals surface area contributed by atoms with Crippen molar-refractivity contribution >= 4 is 0 Å². The molecule has 0 aromatic carbocycles. The Hall–Kier alpha value is -0.580. The zero-order valence-corrected chi connectivity index (χ0v) is 5.56. The third-order valence-electron chi connectivity index (χ3n) is 0.932. The van der Waals surface area contributed by atoms with Gasteiger partial charge in [0, 0.05) is 12.8 Å². The lowest BCUT2D eigenvalue weighted by atomic mass is 10.3. The monoisotopic (exact) mass is 148 g/mol. The molecule has 0 saturated heterocycles. The summed E-state index contributed by atoms with van der Waals surface area (Å²) in [5.74, 6) is -0.0180. The first-order valence-corrected chi connectivity index (χ1v) is 3.01. The Morgan fingerprint density at radius 1 is 1.40 bits per heavy atom. The van der Waals surface area contributed by atoms with Gasteiger partial charge in [0.15, 0.2) is 6.29 Å². The first-order valence-electron chi connectivity index (χ1n) is 3.01. The highest BCUT2D eigenvalue weighted by molar-refractivity contribution is 4.90. The van der Waals surface area contributed by atoms with E-state index in [9.17, 15) is 0 Å². The van der Waals surface area contributed by atoms with E-state index in [4.69, 9.17) is 20.4 Å². The molecule has 0 spiro atoms. The summed E-state index contributed by atoms with van der Waals surface area (Å²) in [5, 5.41) is 33.7. The maximum atomic E-state index is 8.78. The summed E-state index contributed by atoms with van der Waals surface area (Å²) in [4.78, 5) is 0. The average Bonchev–Trinajstić information content (AvgIpc) is 1.85. The van der Waals surface area contributed by atoms with Gasteiger partial charge in [0.2, 0.25) is 0 Å². The van der Waals surface area contributed by atoms with Crippen molar-refractivity contribution in [2.45, 2.75) is 19.1 Å². The van der Waals surface area contributed by atoms with Crippen molar-refractivity contribution in [3.63, 3.8) is 0 Å². The van der Waals surface area contributed by atoms with Crippen molar-refractivity contribution in [3.05, 3.63) is 11.8 Å². The van der Waals surface area contributed by atoms with Gasteiger partial charge in [0.25, 0.3) is 0 Å².